The molecule has 0 aliphatic carbocycles. The summed E-state index contributed by atoms with van der Waals surface area (Å²) < 4.78 is 5.62. The average Bonchev–Trinajstić information content (AvgIpc) is 2.46. The highest BCUT2D eigenvalue weighted by atomic mass is 16.5. The molecule has 0 atom stereocenters. The van der Waals surface area contributed by atoms with Crippen LogP contribution in [0.4, 0.5) is 11.5 Å². The van der Waals surface area contributed by atoms with E-state index in [0.29, 0.717) is 29.7 Å². The minimum atomic E-state index is 0.416. The van der Waals surface area contributed by atoms with Crippen molar-refractivity contribution in [1.29, 1.82) is 5.26 Å². The molecule has 0 unspecified atom stereocenters. The van der Waals surface area contributed by atoms with Gasteiger partial charge in [0.2, 0.25) is 0 Å². The molecule has 0 bridgehead atoms. The van der Waals surface area contributed by atoms with Crippen LogP contribution >= 0.6 is 0 Å². The summed E-state index contributed by atoms with van der Waals surface area (Å²) in [5, 5.41) is 12.3. The second kappa shape index (κ2) is 6.53. The van der Waals surface area contributed by atoms with Crippen LogP contribution in [0.5, 0.6) is 5.75 Å². The Bertz CT molecular complexity index is 605. The molecule has 5 nitrogen and oxygen atoms in total. The minimum Gasteiger partial charge on any atom is -0.492 e. The molecule has 0 aliphatic heterocycles. The summed E-state index contributed by atoms with van der Waals surface area (Å²) in [5.74, 6) is 1.65. The molecule has 2 aromatic rings. The average molecular weight is 268 g/mol. The Kier molecular flexibility index (Phi) is 4.51. The van der Waals surface area contributed by atoms with Crippen molar-refractivity contribution >= 4 is 11.5 Å². The molecule has 102 valence electrons. The van der Waals surface area contributed by atoms with Crippen molar-refractivity contribution in [1.82, 2.24) is 9.97 Å². The molecule has 5 heteroatoms. The lowest BCUT2D eigenvalue weighted by Gasteiger charge is -2.11. The van der Waals surface area contributed by atoms with Crippen molar-refractivity contribution in [3.05, 3.63) is 42.4 Å². The highest BCUT2D eigenvalue weighted by Gasteiger charge is 2.06. The van der Waals surface area contributed by atoms with E-state index >= 15 is 0 Å². The van der Waals surface area contributed by atoms with E-state index in [0.717, 1.165) is 5.69 Å². The Morgan fingerprint density at radius 3 is 2.85 bits per heavy atom. The Morgan fingerprint density at radius 2 is 2.20 bits per heavy atom. The van der Waals surface area contributed by atoms with Gasteiger partial charge in [0.25, 0.3) is 0 Å². The number of rotatable bonds is 5. The molecule has 2 rings (SSSR count). The number of nitrogens with zero attached hydrogens (tertiary/aromatic N) is 3. The molecular formula is C15H16N4O. The first kappa shape index (κ1) is 13.8. The molecular weight excluding hydrogens is 252 g/mol. The van der Waals surface area contributed by atoms with E-state index in [2.05, 4.69) is 35.2 Å². The van der Waals surface area contributed by atoms with Crippen LogP contribution < -0.4 is 10.1 Å². The molecule has 1 N–H and O–H groups in total. The van der Waals surface area contributed by atoms with Gasteiger partial charge in [0.05, 0.1) is 18.4 Å². The van der Waals surface area contributed by atoms with Gasteiger partial charge in [0.15, 0.2) is 0 Å². The zero-order valence-corrected chi connectivity index (χ0v) is 11.5. The summed E-state index contributed by atoms with van der Waals surface area (Å²) in [6, 6.07) is 7.53. The predicted molar refractivity (Wildman–Crippen MR) is 76.8 cm³/mol. The molecule has 0 radical (unpaired) electrons. The standard InChI is InChI=1S/C15H16N4O/c1-11(2)10-20-14-4-3-13(7-12(14)8-16)19-15-9-17-5-6-18-15/h3-7,9,11H,10H2,1-2H3,(H,18,19). The number of nitriles is 1. The van der Waals surface area contributed by atoms with Crippen molar-refractivity contribution in [2.24, 2.45) is 5.92 Å². The van der Waals surface area contributed by atoms with E-state index in [1.165, 1.54) is 0 Å². The lowest BCUT2D eigenvalue weighted by Crippen LogP contribution is -2.05. The van der Waals surface area contributed by atoms with Crippen LogP contribution in [0.1, 0.15) is 19.4 Å². The molecule has 0 saturated carbocycles. The van der Waals surface area contributed by atoms with Gasteiger partial charge in [-0.1, -0.05) is 13.8 Å². The van der Waals surface area contributed by atoms with Gasteiger partial charge in [-0.3, -0.25) is 4.98 Å². The molecule has 0 aliphatic rings. The van der Waals surface area contributed by atoms with Crippen LogP contribution in [0, 0.1) is 17.2 Å². The van der Waals surface area contributed by atoms with Gasteiger partial charge in [-0.25, -0.2) is 4.98 Å². The third-order valence-electron chi connectivity index (χ3n) is 2.51. The number of hydrogen-bond donors (Lipinski definition) is 1. The molecule has 0 amide bonds. The van der Waals surface area contributed by atoms with Crippen molar-refractivity contribution in [3.8, 4) is 11.8 Å². The maximum atomic E-state index is 9.19. The van der Waals surface area contributed by atoms with Crippen LogP contribution in [0.25, 0.3) is 0 Å². The highest BCUT2D eigenvalue weighted by molar-refractivity contribution is 5.61. The summed E-state index contributed by atoms with van der Waals surface area (Å²) in [7, 11) is 0. The Balaban J connectivity index is 2.15. The predicted octanol–water partition coefficient (Wildman–Crippen LogP) is 3.13. The number of anilines is 2. The molecule has 1 aromatic heterocycles. The highest BCUT2D eigenvalue weighted by Crippen LogP contribution is 2.24. The van der Waals surface area contributed by atoms with E-state index in [-0.39, 0.29) is 0 Å². The van der Waals surface area contributed by atoms with E-state index in [1.807, 2.05) is 6.07 Å². The van der Waals surface area contributed by atoms with E-state index < -0.39 is 0 Å². The van der Waals surface area contributed by atoms with Gasteiger partial charge < -0.3 is 10.1 Å². The Labute approximate surface area is 118 Å². The first-order chi connectivity index (χ1) is 9.69. The fourth-order valence-corrected chi connectivity index (χ4v) is 1.59. The van der Waals surface area contributed by atoms with Crippen LogP contribution in [0.3, 0.4) is 0 Å². The SMILES string of the molecule is CC(C)COc1ccc(Nc2cnccn2)cc1C#N. The fraction of sp³-hybridized carbons (Fsp3) is 0.267. The van der Waals surface area contributed by atoms with Crippen molar-refractivity contribution < 1.29 is 4.74 Å². The third kappa shape index (κ3) is 3.69. The molecule has 0 saturated heterocycles. The van der Waals surface area contributed by atoms with E-state index in [9.17, 15) is 5.26 Å². The third-order valence-corrected chi connectivity index (χ3v) is 2.51. The summed E-state index contributed by atoms with van der Waals surface area (Å²) in [4.78, 5) is 8.10. The van der Waals surface area contributed by atoms with Gasteiger partial charge in [0, 0.05) is 18.1 Å². The number of ether oxygens (including phenoxy) is 1. The lowest BCUT2D eigenvalue weighted by atomic mass is 10.2. The van der Waals surface area contributed by atoms with E-state index in [1.54, 1.807) is 30.7 Å². The zero-order chi connectivity index (χ0) is 14.4. The molecule has 0 fully saturated rings. The maximum Gasteiger partial charge on any atom is 0.148 e. The second-order valence-corrected chi connectivity index (χ2v) is 4.74. The monoisotopic (exact) mass is 268 g/mol. The summed E-state index contributed by atoms with van der Waals surface area (Å²) >= 11 is 0. The van der Waals surface area contributed by atoms with Crippen LogP contribution in [0.15, 0.2) is 36.8 Å². The molecule has 0 spiro atoms. The Hall–Kier alpha value is -2.61. The summed E-state index contributed by atoms with van der Waals surface area (Å²) in [5.41, 5.74) is 1.28. The molecule has 1 aromatic carbocycles. The largest absolute Gasteiger partial charge is 0.492 e. The van der Waals surface area contributed by atoms with Gasteiger partial charge >= 0.3 is 0 Å². The van der Waals surface area contributed by atoms with Crippen LogP contribution in [0.2, 0.25) is 0 Å². The van der Waals surface area contributed by atoms with Crippen molar-refractivity contribution in [3.63, 3.8) is 0 Å². The number of nitrogens with one attached hydrogen (secondary N) is 1. The van der Waals surface area contributed by atoms with Gasteiger partial charge in [-0.2, -0.15) is 5.26 Å². The van der Waals surface area contributed by atoms with Crippen molar-refractivity contribution in [2.75, 3.05) is 11.9 Å². The normalized spacial score (nSPS) is 10.1. The molecule has 20 heavy (non-hydrogen) atoms. The summed E-state index contributed by atoms with van der Waals surface area (Å²) in [6.07, 6.45) is 4.83. The van der Waals surface area contributed by atoms with E-state index in [4.69, 9.17) is 4.74 Å². The number of aromatic nitrogens is 2. The van der Waals surface area contributed by atoms with Gasteiger partial charge in [0.1, 0.15) is 17.6 Å². The van der Waals surface area contributed by atoms with Gasteiger partial charge in [-0.15, -0.1) is 0 Å². The van der Waals surface area contributed by atoms with Gasteiger partial charge in [-0.05, 0) is 24.1 Å². The quantitative estimate of drug-likeness (QED) is 0.902. The summed E-state index contributed by atoms with van der Waals surface area (Å²) in [6.45, 7) is 4.72. The fourth-order valence-electron chi connectivity index (χ4n) is 1.59. The second-order valence-electron chi connectivity index (χ2n) is 4.74. The number of hydrogen-bond acceptors (Lipinski definition) is 5. The minimum absolute atomic E-state index is 0.416. The van der Waals surface area contributed by atoms with Crippen molar-refractivity contribution in [2.45, 2.75) is 13.8 Å². The number of benzene rings is 1. The maximum absolute atomic E-state index is 9.19. The van der Waals surface area contributed by atoms with Crippen LogP contribution in [-0.2, 0) is 0 Å². The first-order valence-corrected chi connectivity index (χ1v) is 6.39. The molecule has 1 heterocycles. The zero-order valence-electron chi connectivity index (χ0n) is 11.5. The Morgan fingerprint density at radius 1 is 1.35 bits per heavy atom. The topological polar surface area (TPSA) is 70.8 Å². The first-order valence-electron chi connectivity index (χ1n) is 6.39. The smallest absolute Gasteiger partial charge is 0.148 e. The lowest BCUT2D eigenvalue weighted by molar-refractivity contribution is 0.270. The van der Waals surface area contributed by atoms with Crippen LogP contribution in [-0.4, -0.2) is 16.6 Å².